The zero-order valence-corrected chi connectivity index (χ0v) is 12.4. The molecule has 0 aromatic heterocycles. The van der Waals surface area contributed by atoms with Crippen molar-refractivity contribution in [3.63, 3.8) is 0 Å². The zero-order chi connectivity index (χ0) is 12.8. The van der Waals surface area contributed by atoms with Crippen LogP contribution in [0.25, 0.3) is 0 Å². The molecule has 0 aromatic rings. The first kappa shape index (κ1) is 29.2. The molecule has 0 amide bonds. The standard InChI is InChI=1S/C4H10.C3H8.C2H7N.2C2H6/c1-3-4-2;1-3-2;1-2-3;2*1-2/h3-4H2,1-2H3;3H2,1-2H3;2-3H2,1H3;2*1-2H3. The van der Waals surface area contributed by atoms with Gasteiger partial charge in [0.05, 0.1) is 0 Å². The van der Waals surface area contributed by atoms with E-state index in [2.05, 4.69) is 27.7 Å². The predicted molar refractivity (Wildman–Crippen MR) is 74.0 cm³/mol. The minimum absolute atomic E-state index is 0.750. The van der Waals surface area contributed by atoms with Crippen LogP contribution in [0.2, 0.25) is 0 Å². The van der Waals surface area contributed by atoms with E-state index in [1.165, 1.54) is 19.3 Å². The van der Waals surface area contributed by atoms with Gasteiger partial charge in [-0.05, 0) is 6.54 Å². The van der Waals surface area contributed by atoms with E-state index in [4.69, 9.17) is 5.73 Å². The van der Waals surface area contributed by atoms with Crippen molar-refractivity contribution < 1.29 is 0 Å². The Bertz CT molecular complexity index is 17.2. The van der Waals surface area contributed by atoms with Gasteiger partial charge in [0.15, 0.2) is 0 Å². The van der Waals surface area contributed by atoms with Gasteiger partial charge in [-0.3, -0.25) is 0 Å². The molecule has 2 N–H and O–H groups in total. The smallest absolute Gasteiger partial charge is 0.0106 e. The maximum absolute atomic E-state index is 4.85. The van der Waals surface area contributed by atoms with Gasteiger partial charge in [-0.15, -0.1) is 0 Å². The van der Waals surface area contributed by atoms with E-state index in [0.29, 0.717) is 0 Å². The first-order valence-corrected chi connectivity index (χ1v) is 6.44. The van der Waals surface area contributed by atoms with E-state index in [-0.39, 0.29) is 0 Å². The minimum atomic E-state index is 0.750. The van der Waals surface area contributed by atoms with E-state index in [1.54, 1.807) is 0 Å². The number of hydrogen-bond donors (Lipinski definition) is 1. The molecule has 0 heterocycles. The first-order chi connectivity index (χ1) is 6.74. The van der Waals surface area contributed by atoms with Crippen LogP contribution >= 0.6 is 0 Å². The Morgan fingerprint density at radius 3 is 0.714 bits per heavy atom. The third kappa shape index (κ3) is 1560. The van der Waals surface area contributed by atoms with E-state index in [0.717, 1.165) is 6.54 Å². The fourth-order valence-electron chi connectivity index (χ4n) is 0. The largest absolute Gasteiger partial charge is 0.331 e. The van der Waals surface area contributed by atoms with Crippen molar-refractivity contribution in [2.24, 2.45) is 5.73 Å². The Morgan fingerprint density at radius 2 is 0.714 bits per heavy atom. The Hall–Kier alpha value is -0.0400. The van der Waals surface area contributed by atoms with Crippen LogP contribution in [-0.2, 0) is 0 Å². The monoisotopic (exact) mass is 207 g/mol. The van der Waals surface area contributed by atoms with Crippen LogP contribution in [0.1, 0.15) is 81.6 Å². The Labute approximate surface area is 94.5 Å². The van der Waals surface area contributed by atoms with Crippen molar-refractivity contribution in [1.29, 1.82) is 0 Å². The van der Waals surface area contributed by atoms with Crippen LogP contribution in [0.4, 0.5) is 0 Å². The maximum Gasteiger partial charge on any atom is -0.0106 e. The van der Waals surface area contributed by atoms with Gasteiger partial charge < -0.3 is 5.73 Å². The van der Waals surface area contributed by atoms with E-state index in [1.807, 2.05) is 34.6 Å². The molecule has 1 nitrogen and oxygen atoms in total. The van der Waals surface area contributed by atoms with Crippen LogP contribution in [0, 0.1) is 0 Å². The van der Waals surface area contributed by atoms with Gasteiger partial charge in [-0.2, -0.15) is 0 Å². The Morgan fingerprint density at radius 1 is 0.643 bits per heavy atom. The molecule has 94 valence electrons. The first-order valence-electron chi connectivity index (χ1n) is 6.44. The molecule has 0 saturated carbocycles. The van der Waals surface area contributed by atoms with Crippen LogP contribution < -0.4 is 5.73 Å². The second-order valence-corrected chi connectivity index (χ2v) is 2.12. The van der Waals surface area contributed by atoms with Crippen molar-refractivity contribution in [3.8, 4) is 0 Å². The lowest BCUT2D eigenvalue weighted by atomic mass is 10.4. The number of rotatable bonds is 1. The molecule has 14 heavy (non-hydrogen) atoms. The van der Waals surface area contributed by atoms with Crippen LogP contribution in [-0.4, -0.2) is 6.54 Å². The van der Waals surface area contributed by atoms with Crippen LogP contribution in [0.15, 0.2) is 0 Å². The van der Waals surface area contributed by atoms with Crippen molar-refractivity contribution in [2.45, 2.75) is 81.6 Å². The van der Waals surface area contributed by atoms with Gasteiger partial charge >= 0.3 is 0 Å². The van der Waals surface area contributed by atoms with E-state index < -0.39 is 0 Å². The molecule has 0 aliphatic rings. The number of unbranched alkanes of at least 4 members (excludes halogenated alkanes) is 1. The molecular formula is C13H37N. The molecule has 0 unspecified atom stereocenters. The highest BCUT2D eigenvalue weighted by Gasteiger charge is 1.56. The highest BCUT2D eigenvalue weighted by atomic mass is 14.5. The van der Waals surface area contributed by atoms with Gasteiger partial charge in [0.1, 0.15) is 0 Å². The van der Waals surface area contributed by atoms with Gasteiger partial charge in [0, 0.05) is 0 Å². The van der Waals surface area contributed by atoms with Gasteiger partial charge in [-0.25, -0.2) is 0 Å². The summed E-state index contributed by atoms with van der Waals surface area (Å²) in [6, 6.07) is 0. The highest BCUT2D eigenvalue weighted by molar-refractivity contribution is 4.12. The number of nitrogens with two attached hydrogens (primary N) is 1. The molecule has 1 heteroatoms. The third-order valence-electron chi connectivity index (χ3n) is 0.500. The van der Waals surface area contributed by atoms with Gasteiger partial charge in [0.2, 0.25) is 0 Å². The zero-order valence-electron chi connectivity index (χ0n) is 12.4. The molecular weight excluding hydrogens is 170 g/mol. The molecule has 0 bridgehead atoms. The van der Waals surface area contributed by atoms with Crippen molar-refractivity contribution in [2.75, 3.05) is 6.54 Å². The van der Waals surface area contributed by atoms with Gasteiger partial charge in [0.25, 0.3) is 0 Å². The fourth-order valence-corrected chi connectivity index (χ4v) is 0. The second kappa shape index (κ2) is 118. The molecule has 0 saturated heterocycles. The van der Waals surface area contributed by atoms with Crippen LogP contribution in [0.5, 0.6) is 0 Å². The quantitative estimate of drug-likeness (QED) is 0.625. The predicted octanol–water partition coefficient (Wildman–Crippen LogP) is 5.24. The summed E-state index contributed by atoms with van der Waals surface area (Å²) >= 11 is 0. The molecule has 0 rings (SSSR count). The van der Waals surface area contributed by atoms with Gasteiger partial charge in [-0.1, -0.05) is 81.6 Å². The Balaban J connectivity index is -0.0000000249. The summed E-state index contributed by atoms with van der Waals surface area (Å²) in [5.74, 6) is 0. The molecule has 0 atom stereocenters. The number of hydrogen-bond acceptors (Lipinski definition) is 1. The summed E-state index contributed by atoms with van der Waals surface area (Å²) in [6.07, 6.45) is 3.89. The minimum Gasteiger partial charge on any atom is -0.331 e. The summed E-state index contributed by atoms with van der Waals surface area (Å²) in [6.45, 7) is 19.3. The third-order valence-corrected chi connectivity index (χ3v) is 0.500. The molecule has 0 aliphatic carbocycles. The summed E-state index contributed by atoms with van der Waals surface area (Å²) in [5, 5.41) is 0. The molecule has 0 radical (unpaired) electrons. The summed E-state index contributed by atoms with van der Waals surface area (Å²) < 4.78 is 0. The normalized spacial score (nSPS) is 5.57. The lowest BCUT2D eigenvalue weighted by Crippen LogP contribution is -1.87. The highest BCUT2D eigenvalue weighted by Crippen LogP contribution is 1.76. The Kier molecular flexibility index (Phi) is 247. The SMILES string of the molecule is CC.CC.CCC.CCCC.CCN. The van der Waals surface area contributed by atoms with Crippen LogP contribution in [0.3, 0.4) is 0 Å². The molecule has 0 spiro atoms. The van der Waals surface area contributed by atoms with E-state index >= 15 is 0 Å². The fraction of sp³-hybridized carbons (Fsp3) is 1.00. The molecule has 0 aliphatic heterocycles. The summed E-state index contributed by atoms with van der Waals surface area (Å²) in [5.41, 5.74) is 4.85. The average molecular weight is 207 g/mol. The lowest BCUT2D eigenvalue weighted by molar-refractivity contribution is 0.886. The van der Waals surface area contributed by atoms with E-state index in [9.17, 15) is 0 Å². The summed E-state index contributed by atoms with van der Waals surface area (Å²) in [7, 11) is 0. The van der Waals surface area contributed by atoms with Crippen molar-refractivity contribution >= 4 is 0 Å². The summed E-state index contributed by atoms with van der Waals surface area (Å²) in [4.78, 5) is 0. The lowest BCUT2D eigenvalue weighted by Gasteiger charge is -1.68. The topological polar surface area (TPSA) is 26.0 Å². The van der Waals surface area contributed by atoms with Crippen molar-refractivity contribution in [3.05, 3.63) is 0 Å². The van der Waals surface area contributed by atoms with Crippen molar-refractivity contribution in [1.82, 2.24) is 0 Å². The second-order valence-electron chi connectivity index (χ2n) is 2.12. The average Bonchev–Trinajstić information content (AvgIpc) is 2.26. The maximum atomic E-state index is 4.85. The molecule has 0 fully saturated rings. The molecule has 0 aromatic carbocycles.